The molecule has 2 heteroatoms. The number of hydrogen-bond acceptors (Lipinski definition) is 2. The Morgan fingerprint density at radius 2 is 2.06 bits per heavy atom. The van der Waals surface area contributed by atoms with Gasteiger partial charge in [-0.1, -0.05) is 36.8 Å². The Kier molecular flexibility index (Phi) is 3.04. The third-order valence-corrected chi connectivity index (χ3v) is 4.20. The molecule has 0 spiro atoms. The molecule has 1 saturated carbocycles. The molecule has 2 N–H and O–H groups in total. The predicted octanol–water partition coefficient (Wildman–Crippen LogP) is 3.04. The quantitative estimate of drug-likeness (QED) is 0.653. The number of nitrogens with two attached hydrogens (primary N) is 1. The van der Waals surface area contributed by atoms with Gasteiger partial charge in [-0.15, -0.1) is 0 Å². The van der Waals surface area contributed by atoms with Gasteiger partial charge in [-0.2, -0.15) is 0 Å². The molecule has 0 aliphatic heterocycles. The first kappa shape index (κ1) is 11.7. The van der Waals surface area contributed by atoms with Gasteiger partial charge >= 0.3 is 0 Å². The van der Waals surface area contributed by atoms with Crippen LogP contribution in [-0.2, 0) is 0 Å². The highest BCUT2D eigenvalue weighted by molar-refractivity contribution is 5.99. The van der Waals surface area contributed by atoms with Crippen LogP contribution in [0.2, 0.25) is 0 Å². The molecule has 2 unspecified atom stereocenters. The molecule has 94 valence electrons. The number of Topliss-reactive ketones (excluding diaryl/α,β-unsaturated/α-hetero) is 1. The Hall–Kier alpha value is -1.41. The van der Waals surface area contributed by atoms with E-state index in [1.807, 2.05) is 24.3 Å². The van der Waals surface area contributed by atoms with E-state index >= 15 is 0 Å². The van der Waals surface area contributed by atoms with Gasteiger partial charge in [0.15, 0.2) is 5.78 Å². The van der Waals surface area contributed by atoms with Crippen molar-refractivity contribution in [1.29, 1.82) is 0 Å². The molecular formula is C16H19NO. The first-order valence-electron chi connectivity index (χ1n) is 6.82. The summed E-state index contributed by atoms with van der Waals surface area (Å²) in [5, 5.41) is 0. The van der Waals surface area contributed by atoms with E-state index in [0.29, 0.717) is 5.92 Å². The molecular weight excluding hydrogens is 222 g/mol. The molecule has 1 aromatic rings. The first-order chi connectivity index (χ1) is 8.74. The molecule has 0 bridgehead atoms. The average molecular weight is 241 g/mol. The van der Waals surface area contributed by atoms with Crippen molar-refractivity contribution in [2.75, 3.05) is 0 Å². The minimum Gasteiger partial charge on any atom is -0.324 e. The fraction of sp³-hybridized carbons (Fsp3) is 0.438. The molecule has 1 aromatic carbocycles. The largest absolute Gasteiger partial charge is 0.324 e. The van der Waals surface area contributed by atoms with Crippen molar-refractivity contribution >= 4 is 5.78 Å². The van der Waals surface area contributed by atoms with E-state index < -0.39 is 0 Å². The lowest BCUT2D eigenvalue weighted by Crippen LogP contribution is -2.19. The van der Waals surface area contributed by atoms with Crippen LogP contribution in [0.4, 0.5) is 0 Å². The lowest BCUT2D eigenvalue weighted by molar-refractivity contribution is 0.0943. The van der Waals surface area contributed by atoms with Crippen LogP contribution in [0.5, 0.6) is 0 Å². The molecule has 0 heterocycles. The van der Waals surface area contributed by atoms with E-state index in [-0.39, 0.29) is 17.7 Å². The molecule has 2 atom stereocenters. The van der Waals surface area contributed by atoms with Crippen molar-refractivity contribution in [2.24, 2.45) is 11.7 Å². The Bertz CT molecular complexity index is 488. The zero-order valence-corrected chi connectivity index (χ0v) is 10.5. The zero-order valence-electron chi connectivity index (χ0n) is 10.5. The third kappa shape index (κ3) is 2.13. The maximum absolute atomic E-state index is 12.4. The van der Waals surface area contributed by atoms with E-state index in [4.69, 9.17) is 5.73 Å². The minimum absolute atomic E-state index is 0.0170. The zero-order chi connectivity index (χ0) is 12.5. The van der Waals surface area contributed by atoms with Crippen molar-refractivity contribution in [2.45, 2.75) is 37.6 Å². The molecule has 2 aliphatic rings. The Balaban J connectivity index is 1.79. The number of rotatable bonds is 3. The number of carbonyl (C=O) groups excluding carboxylic acids is 1. The van der Waals surface area contributed by atoms with Gasteiger partial charge in [0.1, 0.15) is 0 Å². The summed E-state index contributed by atoms with van der Waals surface area (Å²) in [7, 11) is 0. The summed E-state index contributed by atoms with van der Waals surface area (Å²) in [4.78, 5) is 12.4. The summed E-state index contributed by atoms with van der Waals surface area (Å²) < 4.78 is 0. The lowest BCUT2D eigenvalue weighted by Gasteiger charge is -2.26. The standard InChI is InChI=1S/C16H19NO/c17-15-8-7-14(10-15)16(18)13-6-2-5-12(9-13)11-3-1-4-11/h2,5-9,11,14-15H,1,3-4,10,17H2. The SMILES string of the molecule is NC1C=CC(C(=O)c2cccc(C3CCC3)c2)C1. The number of carbonyl (C=O) groups is 1. The normalized spacial score (nSPS) is 27.2. The van der Waals surface area contributed by atoms with E-state index in [1.165, 1.54) is 24.8 Å². The van der Waals surface area contributed by atoms with Crippen molar-refractivity contribution in [3.05, 3.63) is 47.5 Å². The van der Waals surface area contributed by atoms with Gasteiger partial charge in [-0.25, -0.2) is 0 Å². The molecule has 1 fully saturated rings. The summed E-state index contributed by atoms with van der Waals surface area (Å²) in [6.45, 7) is 0. The number of benzene rings is 1. The van der Waals surface area contributed by atoms with Gasteiger partial charge in [0.25, 0.3) is 0 Å². The van der Waals surface area contributed by atoms with Crippen LogP contribution in [0.25, 0.3) is 0 Å². The van der Waals surface area contributed by atoms with E-state index in [9.17, 15) is 4.79 Å². The molecule has 0 amide bonds. The topological polar surface area (TPSA) is 43.1 Å². The third-order valence-electron chi connectivity index (χ3n) is 4.20. The highest BCUT2D eigenvalue weighted by Crippen LogP contribution is 2.36. The van der Waals surface area contributed by atoms with Gasteiger partial charge in [0.05, 0.1) is 0 Å². The highest BCUT2D eigenvalue weighted by atomic mass is 16.1. The van der Waals surface area contributed by atoms with E-state index in [1.54, 1.807) is 0 Å². The van der Waals surface area contributed by atoms with Gasteiger partial charge in [0.2, 0.25) is 0 Å². The molecule has 0 radical (unpaired) electrons. The summed E-state index contributed by atoms with van der Waals surface area (Å²) >= 11 is 0. The summed E-state index contributed by atoms with van der Waals surface area (Å²) in [6, 6.07) is 8.23. The molecule has 18 heavy (non-hydrogen) atoms. The number of ketones is 1. The van der Waals surface area contributed by atoms with Crippen LogP contribution in [0, 0.1) is 5.92 Å². The smallest absolute Gasteiger partial charge is 0.169 e. The lowest BCUT2D eigenvalue weighted by atomic mass is 9.79. The summed E-state index contributed by atoms with van der Waals surface area (Å²) in [5.41, 5.74) is 7.99. The van der Waals surface area contributed by atoms with Gasteiger partial charge < -0.3 is 5.73 Å². The van der Waals surface area contributed by atoms with Crippen molar-refractivity contribution < 1.29 is 4.79 Å². The van der Waals surface area contributed by atoms with Gasteiger partial charge in [0, 0.05) is 17.5 Å². The van der Waals surface area contributed by atoms with Crippen LogP contribution in [0.1, 0.15) is 47.5 Å². The second-order valence-corrected chi connectivity index (χ2v) is 5.51. The fourth-order valence-corrected chi connectivity index (χ4v) is 2.82. The highest BCUT2D eigenvalue weighted by Gasteiger charge is 2.25. The molecule has 2 aliphatic carbocycles. The summed E-state index contributed by atoms with van der Waals surface area (Å²) in [6.07, 6.45) is 8.52. The molecule has 2 nitrogen and oxygen atoms in total. The van der Waals surface area contributed by atoms with Crippen molar-refractivity contribution in [1.82, 2.24) is 0 Å². The second kappa shape index (κ2) is 4.69. The van der Waals surface area contributed by atoms with Crippen LogP contribution < -0.4 is 5.73 Å². The Morgan fingerprint density at radius 1 is 1.22 bits per heavy atom. The Labute approximate surface area is 108 Å². The van der Waals surface area contributed by atoms with Crippen LogP contribution in [0.3, 0.4) is 0 Å². The minimum atomic E-state index is -0.0170. The number of hydrogen-bond donors (Lipinski definition) is 1. The average Bonchev–Trinajstić information content (AvgIpc) is 2.73. The second-order valence-electron chi connectivity index (χ2n) is 5.51. The van der Waals surface area contributed by atoms with Crippen LogP contribution >= 0.6 is 0 Å². The maximum Gasteiger partial charge on any atom is 0.169 e. The van der Waals surface area contributed by atoms with E-state index in [0.717, 1.165) is 12.0 Å². The maximum atomic E-state index is 12.4. The predicted molar refractivity (Wildman–Crippen MR) is 72.6 cm³/mol. The monoisotopic (exact) mass is 241 g/mol. The van der Waals surface area contributed by atoms with E-state index in [2.05, 4.69) is 12.1 Å². The Morgan fingerprint density at radius 3 is 2.67 bits per heavy atom. The van der Waals surface area contributed by atoms with Gasteiger partial charge in [-0.3, -0.25) is 4.79 Å². The van der Waals surface area contributed by atoms with Crippen molar-refractivity contribution in [3.63, 3.8) is 0 Å². The summed E-state index contributed by atoms with van der Waals surface area (Å²) in [5.74, 6) is 0.885. The first-order valence-corrected chi connectivity index (χ1v) is 6.82. The molecule has 0 saturated heterocycles. The van der Waals surface area contributed by atoms with Gasteiger partial charge in [-0.05, 0) is 36.8 Å². The molecule has 3 rings (SSSR count). The fourth-order valence-electron chi connectivity index (χ4n) is 2.82. The number of allylic oxidation sites excluding steroid dienone is 1. The van der Waals surface area contributed by atoms with Crippen LogP contribution in [-0.4, -0.2) is 11.8 Å². The molecule has 0 aromatic heterocycles. The van der Waals surface area contributed by atoms with Crippen molar-refractivity contribution in [3.8, 4) is 0 Å². The van der Waals surface area contributed by atoms with Crippen LogP contribution in [0.15, 0.2) is 36.4 Å².